The van der Waals surface area contributed by atoms with E-state index in [9.17, 15) is 4.79 Å². The quantitative estimate of drug-likeness (QED) is 0.853. The van der Waals surface area contributed by atoms with Crippen LogP contribution >= 0.6 is 11.8 Å². The summed E-state index contributed by atoms with van der Waals surface area (Å²) >= 11 is 1.43. The van der Waals surface area contributed by atoms with Crippen LogP contribution in [0.15, 0.2) is 41.8 Å². The Morgan fingerprint density at radius 1 is 1.37 bits per heavy atom. The van der Waals surface area contributed by atoms with E-state index in [-0.39, 0.29) is 5.91 Å². The van der Waals surface area contributed by atoms with E-state index in [4.69, 9.17) is 0 Å². The molecule has 1 aromatic carbocycles. The van der Waals surface area contributed by atoms with Gasteiger partial charge in [0, 0.05) is 25.1 Å². The van der Waals surface area contributed by atoms with Crippen molar-refractivity contribution in [2.24, 2.45) is 7.05 Å². The molecule has 0 aliphatic carbocycles. The predicted molar refractivity (Wildman–Crippen MR) is 78.4 cm³/mol. The minimum absolute atomic E-state index is 0.0164. The number of amides is 1. The van der Waals surface area contributed by atoms with Crippen molar-refractivity contribution in [1.82, 2.24) is 9.55 Å². The molecule has 0 saturated heterocycles. The second-order valence-corrected chi connectivity index (χ2v) is 5.15. The molecule has 2 rings (SSSR count). The maximum Gasteiger partial charge on any atom is 0.234 e. The molecule has 1 heterocycles. The molecule has 100 valence electrons. The van der Waals surface area contributed by atoms with Crippen LogP contribution < -0.4 is 5.32 Å². The Hall–Kier alpha value is -1.75. The topological polar surface area (TPSA) is 46.9 Å². The summed E-state index contributed by atoms with van der Waals surface area (Å²) in [5, 5.41) is 3.72. The van der Waals surface area contributed by atoms with E-state index in [0.29, 0.717) is 5.75 Å². The third-order valence-corrected chi connectivity index (χ3v) is 3.81. The van der Waals surface area contributed by atoms with Gasteiger partial charge in [0.1, 0.15) is 0 Å². The first-order valence-corrected chi connectivity index (χ1v) is 7.16. The normalized spacial score (nSPS) is 10.4. The molecule has 0 aliphatic rings. The summed E-state index contributed by atoms with van der Waals surface area (Å²) in [6.07, 6.45) is 4.59. The predicted octanol–water partition coefficient (Wildman–Crippen LogP) is 2.71. The number of benzene rings is 1. The highest BCUT2D eigenvalue weighted by atomic mass is 32.2. The second kappa shape index (κ2) is 6.43. The Balaban J connectivity index is 1.85. The highest BCUT2D eigenvalue weighted by Gasteiger charge is 2.06. The molecule has 0 aliphatic heterocycles. The molecule has 1 N–H and O–H groups in total. The zero-order chi connectivity index (χ0) is 13.7. The summed E-state index contributed by atoms with van der Waals surface area (Å²) in [5.74, 6) is 0.345. The van der Waals surface area contributed by atoms with Crippen molar-refractivity contribution < 1.29 is 4.79 Å². The SMILES string of the molecule is CCc1ccc(NC(=O)CSc2nccn2C)cc1. The highest BCUT2D eigenvalue weighted by molar-refractivity contribution is 7.99. The molecule has 0 atom stereocenters. The summed E-state index contributed by atoms with van der Waals surface area (Å²) in [7, 11) is 1.91. The first-order valence-electron chi connectivity index (χ1n) is 6.18. The van der Waals surface area contributed by atoms with Gasteiger partial charge in [-0.15, -0.1) is 0 Å². The zero-order valence-corrected chi connectivity index (χ0v) is 11.9. The van der Waals surface area contributed by atoms with Gasteiger partial charge in [0.15, 0.2) is 5.16 Å². The molecule has 4 nitrogen and oxygen atoms in total. The molecule has 0 spiro atoms. The fourth-order valence-corrected chi connectivity index (χ4v) is 2.37. The molecule has 2 aromatic rings. The number of anilines is 1. The fraction of sp³-hybridized carbons (Fsp3) is 0.286. The minimum atomic E-state index is -0.0164. The Morgan fingerprint density at radius 3 is 2.68 bits per heavy atom. The number of rotatable bonds is 5. The van der Waals surface area contributed by atoms with Crippen molar-refractivity contribution in [3.05, 3.63) is 42.2 Å². The van der Waals surface area contributed by atoms with E-state index in [2.05, 4.69) is 17.2 Å². The lowest BCUT2D eigenvalue weighted by molar-refractivity contribution is -0.113. The van der Waals surface area contributed by atoms with Gasteiger partial charge in [-0.05, 0) is 24.1 Å². The minimum Gasteiger partial charge on any atom is -0.329 e. The molecule has 19 heavy (non-hydrogen) atoms. The number of nitrogens with zero attached hydrogens (tertiary/aromatic N) is 2. The van der Waals surface area contributed by atoms with E-state index in [1.54, 1.807) is 6.20 Å². The first-order chi connectivity index (χ1) is 9.19. The summed E-state index contributed by atoms with van der Waals surface area (Å²) in [6, 6.07) is 7.92. The standard InChI is InChI=1S/C14H17N3OS/c1-3-11-4-6-12(7-5-11)16-13(18)10-19-14-15-8-9-17(14)2/h4-9H,3,10H2,1-2H3,(H,16,18). The summed E-state index contributed by atoms with van der Waals surface area (Å²) in [4.78, 5) is 16.0. The van der Waals surface area contributed by atoms with Crippen LogP contribution in [0, 0.1) is 0 Å². The molecule has 0 radical (unpaired) electrons. The number of imidazole rings is 1. The van der Waals surface area contributed by atoms with Gasteiger partial charge in [-0.2, -0.15) is 0 Å². The van der Waals surface area contributed by atoms with Gasteiger partial charge in [-0.3, -0.25) is 4.79 Å². The second-order valence-electron chi connectivity index (χ2n) is 4.21. The van der Waals surface area contributed by atoms with Gasteiger partial charge in [-0.1, -0.05) is 30.8 Å². The van der Waals surface area contributed by atoms with Crippen LogP contribution in [0.1, 0.15) is 12.5 Å². The number of nitrogens with one attached hydrogen (secondary N) is 1. The van der Waals surface area contributed by atoms with Crippen LogP contribution in [0.2, 0.25) is 0 Å². The van der Waals surface area contributed by atoms with Crippen LogP contribution in [0.4, 0.5) is 5.69 Å². The van der Waals surface area contributed by atoms with Crippen molar-refractivity contribution in [1.29, 1.82) is 0 Å². The molecule has 0 fully saturated rings. The van der Waals surface area contributed by atoms with Crippen LogP contribution in [0.3, 0.4) is 0 Å². The lowest BCUT2D eigenvalue weighted by atomic mass is 10.1. The maximum absolute atomic E-state index is 11.8. The molecule has 0 saturated carbocycles. The first kappa shape index (κ1) is 13.7. The summed E-state index contributed by atoms with van der Waals surface area (Å²) in [6.45, 7) is 2.11. The van der Waals surface area contributed by atoms with Crippen molar-refractivity contribution in [2.75, 3.05) is 11.1 Å². The number of carbonyl (C=O) groups excluding carboxylic acids is 1. The number of aromatic nitrogens is 2. The van der Waals surface area contributed by atoms with Crippen molar-refractivity contribution in [3.8, 4) is 0 Å². The van der Waals surface area contributed by atoms with Crippen LogP contribution in [0.5, 0.6) is 0 Å². The number of hydrogen-bond acceptors (Lipinski definition) is 3. The van der Waals surface area contributed by atoms with Gasteiger partial charge in [0.05, 0.1) is 5.75 Å². The third-order valence-electron chi connectivity index (χ3n) is 2.76. The molecular weight excluding hydrogens is 258 g/mol. The van der Waals surface area contributed by atoms with E-state index < -0.39 is 0 Å². The van der Waals surface area contributed by atoms with E-state index in [1.807, 2.05) is 42.1 Å². The number of thioether (sulfide) groups is 1. The average Bonchev–Trinajstić information content (AvgIpc) is 2.83. The summed E-state index contributed by atoms with van der Waals surface area (Å²) in [5.41, 5.74) is 2.10. The van der Waals surface area contributed by atoms with Gasteiger partial charge in [-0.25, -0.2) is 4.98 Å². The molecule has 0 bridgehead atoms. The Labute approximate surface area is 117 Å². The molecule has 1 amide bonds. The van der Waals surface area contributed by atoms with Gasteiger partial charge >= 0.3 is 0 Å². The van der Waals surface area contributed by atoms with Gasteiger partial charge in [0.2, 0.25) is 5.91 Å². The van der Waals surface area contributed by atoms with Gasteiger partial charge < -0.3 is 9.88 Å². The van der Waals surface area contributed by atoms with Crippen LogP contribution in [0.25, 0.3) is 0 Å². The van der Waals surface area contributed by atoms with Crippen molar-refractivity contribution in [3.63, 3.8) is 0 Å². The lowest BCUT2D eigenvalue weighted by Gasteiger charge is -2.06. The maximum atomic E-state index is 11.8. The number of carbonyl (C=O) groups is 1. The molecule has 0 unspecified atom stereocenters. The Kier molecular flexibility index (Phi) is 4.63. The molecule has 5 heteroatoms. The van der Waals surface area contributed by atoms with Crippen molar-refractivity contribution >= 4 is 23.4 Å². The smallest absolute Gasteiger partial charge is 0.234 e. The Morgan fingerprint density at radius 2 is 2.11 bits per heavy atom. The third kappa shape index (κ3) is 3.86. The summed E-state index contributed by atoms with van der Waals surface area (Å²) < 4.78 is 1.90. The molecular formula is C14H17N3OS. The van der Waals surface area contributed by atoms with Crippen LogP contribution in [-0.2, 0) is 18.3 Å². The Bertz CT molecular complexity index is 548. The number of aryl methyl sites for hydroxylation is 2. The van der Waals surface area contributed by atoms with E-state index in [0.717, 1.165) is 17.3 Å². The highest BCUT2D eigenvalue weighted by Crippen LogP contribution is 2.15. The largest absolute Gasteiger partial charge is 0.329 e. The number of hydrogen-bond donors (Lipinski definition) is 1. The monoisotopic (exact) mass is 275 g/mol. The van der Waals surface area contributed by atoms with E-state index >= 15 is 0 Å². The molecule has 1 aromatic heterocycles. The lowest BCUT2D eigenvalue weighted by Crippen LogP contribution is -2.14. The van der Waals surface area contributed by atoms with Gasteiger partial charge in [0.25, 0.3) is 0 Å². The van der Waals surface area contributed by atoms with E-state index in [1.165, 1.54) is 17.3 Å². The fourth-order valence-electron chi connectivity index (χ4n) is 1.64. The average molecular weight is 275 g/mol. The van der Waals surface area contributed by atoms with Crippen molar-refractivity contribution in [2.45, 2.75) is 18.5 Å². The zero-order valence-electron chi connectivity index (χ0n) is 11.1. The van der Waals surface area contributed by atoms with Crippen LogP contribution in [-0.4, -0.2) is 21.2 Å².